The van der Waals surface area contributed by atoms with Gasteiger partial charge in [-0.05, 0) is 36.8 Å². The Morgan fingerprint density at radius 3 is 2.87 bits per heavy atom. The molecule has 2 N–H and O–H groups in total. The zero-order valence-electron chi connectivity index (χ0n) is 12.6. The molecular formula is C17H16ClN3O2. The van der Waals surface area contributed by atoms with Crippen LogP contribution in [0.25, 0.3) is 11.0 Å². The van der Waals surface area contributed by atoms with Gasteiger partial charge in [-0.3, -0.25) is 4.79 Å². The van der Waals surface area contributed by atoms with Crippen LogP contribution < -0.4 is 5.32 Å². The van der Waals surface area contributed by atoms with Gasteiger partial charge >= 0.3 is 0 Å². The molecule has 0 spiro atoms. The molecule has 0 radical (unpaired) electrons. The number of aliphatic hydroxyl groups excluding tert-OH is 1. The zero-order valence-corrected chi connectivity index (χ0v) is 13.3. The number of aliphatic hydroxyl groups is 1. The summed E-state index contributed by atoms with van der Waals surface area (Å²) in [6.07, 6.45) is 0. The highest BCUT2D eigenvalue weighted by atomic mass is 35.5. The number of halogens is 1. The summed E-state index contributed by atoms with van der Waals surface area (Å²) in [5, 5.41) is 12.9. The van der Waals surface area contributed by atoms with E-state index in [0.29, 0.717) is 16.5 Å². The average Bonchev–Trinajstić information content (AvgIpc) is 2.89. The Morgan fingerprint density at radius 1 is 1.30 bits per heavy atom. The number of anilines is 1. The highest BCUT2D eigenvalue weighted by Gasteiger charge is 2.13. The van der Waals surface area contributed by atoms with Crippen molar-refractivity contribution in [2.24, 2.45) is 0 Å². The van der Waals surface area contributed by atoms with Gasteiger partial charge < -0.3 is 15.0 Å². The van der Waals surface area contributed by atoms with Gasteiger partial charge in [-0.2, -0.15) is 0 Å². The van der Waals surface area contributed by atoms with Gasteiger partial charge in [0.15, 0.2) is 0 Å². The molecule has 2 aromatic carbocycles. The molecule has 6 heteroatoms. The SMILES string of the molecule is Cc1ccc(Cl)cc1NC(=O)Cn1c(CO)nc2ccccc21. The maximum Gasteiger partial charge on any atom is 0.244 e. The van der Waals surface area contributed by atoms with Gasteiger partial charge in [-0.25, -0.2) is 4.98 Å². The lowest BCUT2D eigenvalue weighted by Crippen LogP contribution is -2.20. The Labute approximate surface area is 138 Å². The normalized spacial score (nSPS) is 10.9. The molecule has 0 aliphatic heterocycles. The standard InChI is InChI=1S/C17H16ClN3O2/c1-11-6-7-12(18)8-14(11)20-17(23)9-21-15-5-3-2-4-13(15)19-16(21)10-22/h2-8,22H,9-10H2,1H3,(H,20,23). The number of benzene rings is 2. The minimum absolute atomic E-state index is 0.0718. The summed E-state index contributed by atoms with van der Waals surface area (Å²) in [4.78, 5) is 16.7. The number of nitrogens with one attached hydrogen (secondary N) is 1. The number of imidazole rings is 1. The van der Waals surface area contributed by atoms with E-state index in [0.717, 1.165) is 16.6 Å². The molecule has 0 saturated heterocycles. The maximum absolute atomic E-state index is 12.4. The average molecular weight is 330 g/mol. The lowest BCUT2D eigenvalue weighted by molar-refractivity contribution is -0.116. The van der Waals surface area contributed by atoms with E-state index in [4.69, 9.17) is 11.6 Å². The molecule has 0 fully saturated rings. The summed E-state index contributed by atoms with van der Waals surface area (Å²) >= 11 is 5.97. The summed E-state index contributed by atoms with van der Waals surface area (Å²) in [6, 6.07) is 12.8. The second-order valence-electron chi connectivity index (χ2n) is 5.27. The number of aromatic nitrogens is 2. The van der Waals surface area contributed by atoms with Crippen LogP contribution in [0.4, 0.5) is 5.69 Å². The fraction of sp³-hybridized carbons (Fsp3) is 0.176. The van der Waals surface area contributed by atoms with E-state index in [2.05, 4.69) is 10.3 Å². The predicted molar refractivity (Wildman–Crippen MR) is 90.5 cm³/mol. The molecule has 3 rings (SSSR count). The number of para-hydroxylation sites is 2. The van der Waals surface area contributed by atoms with Crippen LogP contribution in [0.2, 0.25) is 5.02 Å². The lowest BCUT2D eigenvalue weighted by Gasteiger charge is -2.11. The number of amides is 1. The summed E-state index contributed by atoms with van der Waals surface area (Å²) in [7, 11) is 0. The molecule has 5 nitrogen and oxygen atoms in total. The predicted octanol–water partition coefficient (Wildman–Crippen LogP) is 3.13. The Bertz CT molecular complexity index is 873. The Kier molecular flexibility index (Phi) is 4.32. The number of carbonyl (C=O) groups excluding carboxylic acids is 1. The monoisotopic (exact) mass is 329 g/mol. The lowest BCUT2D eigenvalue weighted by atomic mass is 10.2. The fourth-order valence-corrected chi connectivity index (χ4v) is 2.66. The summed E-state index contributed by atoms with van der Waals surface area (Å²) in [5.41, 5.74) is 3.18. The van der Waals surface area contributed by atoms with Crippen molar-refractivity contribution in [1.82, 2.24) is 9.55 Å². The summed E-state index contributed by atoms with van der Waals surface area (Å²) in [6.45, 7) is 1.75. The van der Waals surface area contributed by atoms with E-state index in [1.807, 2.05) is 37.3 Å². The van der Waals surface area contributed by atoms with Crippen LogP contribution in [0, 0.1) is 6.92 Å². The molecule has 0 unspecified atom stereocenters. The van der Waals surface area contributed by atoms with Crippen LogP contribution in [0.5, 0.6) is 0 Å². The van der Waals surface area contributed by atoms with E-state index < -0.39 is 0 Å². The van der Waals surface area contributed by atoms with Gasteiger partial charge in [0.25, 0.3) is 0 Å². The third-order valence-electron chi connectivity index (χ3n) is 3.65. The fourth-order valence-electron chi connectivity index (χ4n) is 2.48. The number of carbonyl (C=O) groups is 1. The van der Waals surface area contributed by atoms with Crippen molar-refractivity contribution in [2.45, 2.75) is 20.1 Å². The first-order valence-corrected chi connectivity index (χ1v) is 7.57. The molecule has 118 valence electrons. The van der Waals surface area contributed by atoms with Crippen molar-refractivity contribution < 1.29 is 9.90 Å². The second-order valence-corrected chi connectivity index (χ2v) is 5.70. The molecule has 0 saturated carbocycles. The number of hydrogen-bond donors (Lipinski definition) is 2. The molecule has 0 atom stereocenters. The van der Waals surface area contributed by atoms with Gasteiger partial charge in [0.2, 0.25) is 5.91 Å². The Morgan fingerprint density at radius 2 is 2.09 bits per heavy atom. The number of fused-ring (bicyclic) bond motifs is 1. The summed E-state index contributed by atoms with van der Waals surface area (Å²) < 4.78 is 1.71. The van der Waals surface area contributed by atoms with Crippen LogP contribution in [0.1, 0.15) is 11.4 Å². The Balaban J connectivity index is 1.87. The minimum atomic E-state index is -0.224. The van der Waals surface area contributed by atoms with Crippen LogP contribution in [-0.4, -0.2) is 20.6 Å². The smallest absolute Gasteiger partial charge is 0.244 e. The van der Waals surface area contributed by atoms with E-state index in [1.54, 1.807) is 16.7 Å². The number of nitrogens with zero attached hydrogens (tertiary/aromatic N) is 2. The zero-order chi connectivity index (χ0) is 16.4. The van der Waals surface area contributed by atoms with E-state index >= 15 is 0 Å². The van der Waals surface area contributed by atoms with Crippen LogP contribution in [-0.2, 0) is 17.9 Å². The first-order chi connectivity index (χ1) is 11.1. The molecule has 1 heterocycles. The maximum atomic E-state index is 12.4. The number of aryl methyl sites for hydroxylation is 1. The molecule has 0 aliphatic carbocycles. The minimum Gasteiger partial charge on any atom is -0.388 e. The molecule has 1 aromatic heterocycles. The molecule has 1 amide bonds. The van der Waals surface area contributed by atoms with Gasteiger partial charge in [-0.1, -0.05) is 29.8 Å². The van der Waals surface area contributed by atoms with Crippen molar-refractivity contribution in [1.29, 1.82) is 0 Å². The number of hydrogen-bond acceptors (Lipinski definition) is 3. The molecule has 23 heavy (non-hydrogen) atoms. The van der Waals surface area contributed by atoms with Crippen molar-refractivity contribution in [3.8, 4) is 0 Å². The first kappa shape index (κ1) is 15.5. The highest BCUT2D eigenvalue weighted by molar-refractivity contribution is 6.31. The van der Waals surface area contributed by atoms with Crippen molar-refractivity contribution in [3.05, 3.63) is 58.9 Å². The summed E-state index contributed by atoms with van der Waals surface area (Å²) in [5.74, 6) is 0.261. The van der Waals surface area contributed by atoms with Gasteiger partial charge in [-0.15, -0.1) is 0 Å². The van der Waals surface area contributed by atoms with Gasteiger partial charge in [0, 0.05) is 10.7 Å². The van der Waals surface area contributed by atoms with Gasteiger partial charge in [0.05, 0.1) is 11.0 Å². The molecule has 0 aliphatic rings. The van der Waals surface area contributed by atoms with Crippen LogP contribution in [0.3, 0.4) is 0 Å². The first-order valence-electron chi connectivity index (χ1n) is 7.19. The third kappa shape index (κ3) is 3.21. The third-order valence-corrected chi connectivity index (χ3v) is 3.89. The molecule has 0 bridgehead atoms. The van der Waals surface area contributed by atoms with Crippen LogP contribution >= 0.6 is 11.6 Å². The van der Waals surface area contributed by atoms with Crippen molar-refractivity contribution >= 4 is 34.2 Å². The van der Waals surface area contributed by atoms with Crippen molar-refractivity contribution in [2.75, 3.05) is 5.32 Å². The molecule has 3 aromatic rings. The Hall–Kier alpha value is -2.37. The number of rotatable bonds is 4. The highest BCUT2D eigenvalue weighted by Crippen LogP contribution is 2.21. The van der Waals surface area contributed by atoms with Crippen molar-refractivity contribution in [3.63, 3.8) is 0 Å². The van der Waals surface area contributed by atoms with E-state index in [-0.39, 0.29) is 19.1 Å². The van der Waals surface area contributed by atoms with E-state index in [1.165, 1.54) is 0 Å². The second kappa shape index (κ2) is 6.40. The topological polar surface area (TPSA) is 67.2 Å². The quantitative estimate of drug-likeness (QED) is 0.772. The van der Waals surface area contributed by atoms with E-state index in [9.17, 15) is 9.90 Å². The largest absolute Gasteiger partial charge is 0.388 e. The van der Waals surface area contributed by atoms with Gasteiger partial charge in [0.1, 0.15) is 19.0 Å². The molecular weight excluding hydrogens is 314 g/mol. The van der Waals surface area contributed by atoms with Crippen LogP contribution in [0.15, 0.2) is 42.5 Å².